The Kier molecular flexibility index (Phi) is 12.0. The van der Waals surface area contributed by atoms with Gasteiger partial charge in [0.2, 0.25) is 21.8 Å². The number of carbonyl (C=O) groups excluding carboxylic acids is 2. The second-order valence-corrected chi connectivity index (χ2v) is 13.5. The van der Waals surface area contributed by atoms with Crippen LogP contribution in [0.3, 0.4) is 0 Å². The number of sulfonamides is 1. The molecule has 7 nitrogen and oxygen atoms in total. The number of rotatable bonds is 12. The van der Waals surface area contributed by atoms with Gasteiger partial charge in [-0.25, -0.2) is 8.42 Å². The molecule has 3 rings (SSSR count). The van der Waals surface area contributed by atoms with Crippen LogP contribution in [0.15, 0.2) is 36.4 Å². The predicted octanol–water partition coefficient (Wildman–Crippen LogP) is 6.76. The summed E-state index contributed by atoms with van der Waals surface area (Å²) in [6.07, 6.45) is 7.05. The second-order valence-electron chi connectivity index (χ2n) is 10.3. The molecule has 1 aliphatic rings. The molecule has 220 valence electrons. The minimum absolute atomic E-state index is 0.0457. The summed E-state index contributed by atoms with van der Waals surface area (Å²) in [5.74, 6) is -0.437. The standard InChI is InChI=1S/C29H38Cl3N3O4S/c1-4-26(29(37)33-23-10-6-5-7-11-23)34(19-21-15-16-22(30)18-25(21)32)28(36)14-9-17-35(40(3,38)39)27-13-8-12-24(31)20(27)2/h8,12-13,15-16,18,23,26H,4-7,9-11,14,17,19H2,1-3H3,(H,33,37)/t26-/m0/s1. The average molecular weight is 631 g/mol. The van der Waals surface area contributed by atoms with Crippen LogP contribution in [0.5, 0.6) is 0 Å². The molecule has 0 saturated heterocycles. The van der Waals surface area contributed by atoms with E-state index in [0.717, 1.165) is 31.9 Å². The largest absolute Gasteiger partial charge is 0.352 e. The minimum Gasteiger partial charge on any atom is -0.352 e. The Morgan fingerprint density at radius 3 is 2.38 bits per heavy atom. The van der Waals surface area contributed by atoms with Crippen molar-refractivity contribution in [1.82, 2.24) is 10.2 Å². The normalized spacial score (nSPS) is 14.9. The fourth-order valence-electron chi connectivity index (χ4n) is 5.15. The van der Waals surface area contributed by atoms with E-state index < -0.39 is 16.1 Å². The molecule has 2 aromatic carbocycles. The van der Waals surface area contributed by atoms with E-state index in [1.54, 1.807) is 48.2 Å². The number of hydrogen-bond acceptors (Lipinski definition) is 4. The molecule has 0 aromatic heterocycles. The summed E-state index contributed by atoms with van der Waals surface area (Å²) in [5, 5.41) is 4.50. The van der Waals surface area contributed by atoms with Crippen molar-refractivity contribution >= 4 is 62.3 Å². The van der Waals surface area contributed by atoms with Crippen molar-refractivity contribution in [2.75, 3.05) is 17.1 Å². The van der Waals surface area contributed by atoms with E-state index >= 15 is 0 Å². The van der Waals surface area contributed by atoms with Crippen LogP contribution in [0.4, 0.5) is 5.69 Å². The third kappa shape index (κ3) is 8.75. The number of nitrogens with zero attached hydrogens (tertiary/aromatic N) is 2. The molecule has 1 atom stereocenters. The van der Waals surface area contributed by atoms with Gasteiger partial charge in [0, 0.05) is 40.6 Å². The minimum atomic E-state index is -3.63. The second kappa shape index (κ2) is 14.8. The average Bonchev–Trinajstić information content (AvgIpc) is 2.89. The Morgan fingerprint density at radius 2 is 1.75 bits per heavy atom. The first kappa shape index (κ1) is 32.5. The smallest absolute Gasteiger partial charge is 0.243 e. The van der Waals surface area contributed by atoms with E-state index in [1.807, 2.05) is 6.92 Å². The van der Waals surface area contributed by atoms with Gasteiger partial charge < -0.3 is 10.2 Å². The molecule has 0 bridgehead atoms. The molecule has 0 unspecified atom stereocenters. The third-order valence-electron chi connectivity index (χ3n) is 7.35. The molecule has 0 heterocycles. The van der Waals surface area contributed by atoms with Crippen LogP contribution in [0.1, 0.15) is 69.4 Å². The number of benzene rings is 2. The van der Waals surface area contributed by atoms with Gasteiger partial charge in [-0.05, 0) is 68.0 Å². The van der Waals surface area contributed by atoms with Gasteiger partial charge in [-0.3, -0.25) is 13.9 Å². The van der Waals surface area contributed by atoms with Crippen molar-refractivity contribution in [3.05, 3.63) is 62.6 Å². The quantitative estimate of drug-likeness (QED) is 0.281. The van der Waals surface area contributed by atoms with E-state index in [0.29, 0.717) is 38.3 Å². The highest BCUT2D eigenvalue weighted by molar-refractivity contribution is 7.92. The monoisotopic (exact) mass is 629 g/mol. The number of anilines is 1. The Hall–Kier alpha value is -2.00. The number of amides is 2. The molecule has 0 spiro atoms. The maximum atomic E-state index is 13.7. The first-order valence-corrected chi connectivity index (χ1v) is 16.7. The van der Waals surface area contributed by atoms with Gasteiger partial charge in [0.15, 0.2) is 0 Å². The fraction of sp³-hybridized carbons (Fsp3) is 0.517. The lowest BCUT2D eigenvalue weighted by atomic mass is 9.95. The highest BCUT2D eigenvalue weighted by Crippen LogP contribution is 2.29. The summed E-state index contributed by atoms with van der Waals surface area (Å²) >= 11 is 18.8. The van der Waals surface area contributed by atoms with Crippen LogP contribution in [-0.2, 0) is 26.2 Å². The highest BCUT2D eigenvalue weighted by Gasteiger charge is 2.31. The lowest BCUT2D eigenvalue weighted by Gasteiger charge is -2.33. The first-order chi connectivity index (χ1) is 18.9. The molecule has 0 radical (unpaired) electrons. The SMILES string of the molecule is CC[C@@H](C(=O)NC1CCCCC1)N(Cc1ccc(Cl)cc1Cl)C(=O)CCCN(c1cccc(Cl)c1C)S(C)(=O)=O. The van der Waals surface area contributed by atoms with Crippen LogP contribution in [-0.4, -0.2) is 50.0 Å². The van der Waals surface area contributed by atoms with Crippen LogP contribution in [0, 0.1) is 6.92 Å². The first-order valence-electron chi connectivity index (χ1n) is 13.7. The number of nitrogens with one attached hydrogen (secondary N) is 1. The molecule has 1 aliphatic carbocycles. The molecule has 0 aliphatic heterocycles. The summed E-state index contributed by atoms with van der Waals surface area (Å²) in [6.45, 7) is 3.86. The predicted molar refractivity (Wildman–Crippen MR) is 164 cm³/mol. The van der Waals surface area contributed by atoms with Crippen LogP contribution < -0.4 is 9.62 Å². The zero-order valence-electron chi connectivity index (χ0n) is 23.3. The highest BCUT2D eigenvalue weighted by atomic mass is 35.5. The summed E-state index contributed by atoms with van der Waals surface area (Å²) in [5.41, 5.74) is 1.80. The van der Waals surface area contributed by atoms with E-state index in [4.69, 9.17) is 34.8 Å². The Bertz CT molecular complexity index is 1300. The zero-order valence-corrected chi connectivity index (χ0v) is 26.3. The number of carbonyl (C=O) groups is 2. The van der Waals surface area contributed by atoms with Gasteiger partial charge in [-0.2, -0.15) is 0 Å². The Balaban J connectivity index is 1.81. The van der Waals surface area contributed by atoms with E-state index in [1.165, 1.54) is 10.7 Å². The van der Waals surface area contributed by atoms with Crippen molar-refractivity contribution in [3.63, 3.8) is 0 Å². The lowest BCUT2D eigenvalue weighted by Crippen LogP contribution is -2.51. The van der Waals surface area contributed by atoms with Crippen molar-refractivity contribution in [3.8, 4) is 0 Å². The van der Waals surface area contributed by atoms with Crippen LogP contribution in [0.2, 0.25) is 15.1 Å². The van der Waals surface area contributed by atoms with Crippen molar-refractivity contribution < 1.29 is 18.0 Å². The maximum absolute atomic E-state index is 13.7. The molecular weight excluding hydrogens is 593 g/mol. The fourth-order valence-corrected chi connectivity index (χ4v) is 6.80. The number of hydrogen-bond donors (Lipinski definition) is 1. The van der Waals surface area contributed by atoms with Crippen molar-refractivity contribution in [2.24, 2.45) is 0 Å². The molecule has 1 fully saturated rings. The molecular formula is C29H38Cl3N3O4S. The Morgan fingerprint density at radius 1 is 1.05 bits per heavy atom. The van der Waals surface area contributed by atoms with Crippen molar-refractivity contribution in [1.29, 1.82) is 0 Å². The van der Waals surface area contributed by atoms with Gasteiger partial charge >= 0.3 is 0 Å². The summed E-state index contributed by atoms with van der Waals surface area (Å²) < 4.78 is 26.6. The maximum Gasteiger partial charge on any atom is 0.243 e. The molecule has 1 saturated carbocycles. The zero-order chi connectivity index (χ0) is 29.4. The van der Waals surface area contributed by atoms with Gasteiger partial charge in [-0.1, -0.05) is 73.1 Å². The van der Waals surface area contributed by atoms with Gasteiger partial charge in [0.05, 0.1) is 11.9 Å². The molecule has 40 heavy (non-hydrogen) atoms. The van der Waals surface area contributed by atoms with E-state index in [-0.39, 0.29) is 43.8 Å². The molecule has 2 amide bonds. The summed E-state index contributed by atoms with van der Waals surface area (Å²) in [4.78, 5) is 28.7. The third-order valence-corrected chi connectivity index (χ3v) is 9.53. The molecule has 1 N–H and O–H groups in total. The molecule has 11 heteroatoms. The topological polar surface area (TPSA) is 86.8 Å². The van der Waals surface area contributed by atoms with Gasteiger partial charge in [0.1, 0.15) is 6.04 Å². The summed E-state index contributed by atoms with van der Waals surface area (Å²) in [6, 6.07) is 9.58. The Labute approximate surface area is 253 Å². The lowest BCUT2D eigenvalue weighted by molar-refractivity contribution is -0.141. The van der Waals surface area contributed by atoms with E-state index in [2.05, 4.69) is 5.32 Å². The van der Waals surface area contributed by atoms with E-state index in [9.17, 15) is 18.0 Å². The van der Waals surface area contributed by atoms with Crippen molar-refractivity contribution in [2.45, 2.75) is 83.8 Å². The number of halogens is 3. The van der Waals surface area contributed by atoms with Gasteiger partial charge in [-0.15, -0.1) is 0 Å². The van der Waals surface area contributed by atoms with Crippen LogP contribution in [0.25, 0.3) is 0 Å². The summed E-state index contributed by atoms with van der Waals surface area (Å²) in [7, 11) is -3.63. The van der Waals surface area contributed by atoms with Crippen LogP contribution >= 0.6 is 34.8 Å². The van der Waals surface area contributed by atoms with Gasteiger partial charge in [0.25, 0.3) is 0 Å². The molecule has 2 aromatic rings.